The van der Waals surface area contributed by atoms with Crippen molar-refractivity contribution in [1.29, 1.82) is 0 Å². The summed E-state index contributed by atoms with van der Waals surface area (Å²) in [7, 11) is 2.97. The average Bonchev–Trinajstić information content (AvgIpc) is 3.68. The van der Waals surface area contributed by atoms with Gasteiger partial charge >= 0.3 is 21.7 Å². The number of methoxy groups -OCH3 is 2. The van der Waals surface area contributed by atoms with Crippen molar-refractivity contribution >= 4 is 23.2 Å². The van der Waals surface area contributed by atoms with Gasteiger partial charge in [-0.05, 0) is 35.6 Å². The van der Waals surface area contributed by atoms with Gasteiger partial charge in [-0.15, -0.1) is 36.4 Å². The summed E-state index contributed by atoms with van der Waals surface area (Å²) in [5.74, 6) is -4.20. The maximum Gasteiger partial charge on any atom is 3.00 e. The Morgan fingerprint density at radius 3 is 1.27 bits per heavy atom. The number of carbonyl (C=O) groups is 2. The number of rotatable bonds is 10. The van der Waals surface area contributed by atoms with E-state index in [1.165, 1.54) is 36.2 Å². The van der Waals surface area contributed by atoms with E-state index in [4.69, 9.17) is 9.47 Å². The quantitative estimate of drug-likeness (QED) is 0.0864. The molecule has 2 amide bonds. The molecular weight excluding hydrogens is 660 g/mol. The zero-order valence-electron chi connectivity index (χ0n) is 26.3. The number of hydrogen-bond donors (Lipinski definition) is 0. The fraction of sp³-hybridized carbons (Fsp3) is 0.162. The van der Waals surface area contributed by atoms with Gasteiger partial charge in [0.1, 0.15) is 0 Å². The van der Waals surface area contributed by atoms with Crippen LogP contribution in [-0.2, 0) is 31.2 Å². The first-order valence-electron chi connectivity index (χ1n) is 14.4. The molecule has 0 fully saturated rings. The van der Waals surface area contributed by atoms with Crippen LogP contribution in [0.1, 0.15) is 20.7 Å². The SMILES string of the molecule is COCCN(C(=O)c1ccccc1)c1ccc(F)[c-]c1F.COCCN(C(=O)c1ccccc1)c1ccc(F)[c-]c1F.[Ti+3].c1cc[cH-]c1. The third-order valence-electron chi connectivity index (χ3n) is 6.39. The van der Waals surface area contributed by atoms with Gasteiger partial charge < -0.3 is 19.3 Å². The van der Waals surface area contributed by atoms with Gasteiger partial charge in [0.15, 0.2) is 0 Å². The van der Waals surface area contributed by atoms with Gasteiger partial charge in [0.2, 0.25) is 11.8 Å². The van der Waals surface area contributed by atoms with Gasteiger partial charge in [0, 0.05) is 61.7 Å². The molecule has 0 spiro atoms. The van der Waals surface area contributed by atoms with Crippen LogP contribution in [0.25, 0.3) is 0 Å². The molecule has 0 N–H and O–H groups in total. The zero-order valence-corrected chi connectivity index (χ0v) is 27.9. The minimum absolute atomic E-state index is 0. The zero-order chi connectivity index (χ0) is 34.0. The van der Waals surface area contributed by atoms with Gasteiger partial charge in [-0.1, -0.05) is 36.4 Å². The number of anilines is 2. The molecule has 1 radical (unpaired) electrons. The number of benzene rings is 4. The first-order chi connectivity index (χ1) is 22.8. The fourth-order valence-electron chi connectivity index (χ4n) is 4.11. The average molecular weight is 694 g/mol. The summed E-state index contributed by atoms with van der Waals surface area (Å²) >= 11 is 0. The van der Waals surface area contributed by atoms with Crippen LogP contribution in [0.4, 0.5) is 28.9 Å². The molecule has 5 rings (SSSR count). The molecule has 0 saturated heterocycles. The van der Waals surface area contributed by atoms with Gasteiger partial charge in [-0.3, -0.25) is 9.59 Å². The van der Waals surface area contributed by atoms with Crippen molar-refractivity contribution in [3.05, 3.63) is 162 Å². The molecule has 0 unspecified atom stereocenters. The summed E-state index contributed by atoms with van der Waals surface area (Å²) in [6.07, 6.45) is 0. The predicted molar refractivity (Wildman–Crippen MR) is 172 cm³/mol. The molecular formula is C37H33F4N2O4Ti. The molecule has 0 heterocycles. The number of nitrogens with zero attached hydrogens (tertiary/aromatic N) is 2. The van der Waals surface area contributed by atoms with Crippen molar-refractivity contribution in [3.63, 3.8) is 0 Å². The largest absolute Gasteiger partial charge is 3.00 e. The Balaban J connectivity index is 0.000000285. The first-order valence-corrected chi connectivity index (χ1v) is 14.4. The van der Waals surface area contributed by atoms with E-state index >= 15 is 0 Å². The van der Waals surface area contributed by atoms with E-state index in [1.54, 1.807) is 60.7 Å². The maximum absolute atomic E-state index is 13.9. The normalized spacial score (nSPS) is 9.96. The summed E-state index contributed by atoms with van der Waals surface area (Å²) in [6, 6.07) is 35.4. The van der Waals surface area contributed by atoms with E-state index in [1.807, 2.05) is 42.5 Å². The molecule has 0 aliphatic rings. The molecule has 0 aliphatic carbocycles. The summed E-state index contributed by atoms with van der Waals surface area (Å²) in [5.41, 5.74) is 0.777. The second kappa shape index (κ2) is 21.4. The van der Waals surface area contributed by atoms with E-state index in [0.717, 1.165) is 12.1 Å². The number of amides is 2. The van der Waals surface area contributed by atoms with Crippen LogP contribution < -0.4 is 9.80 Å². The molecule has 0 aliphatic heterocycles. The summed E-state index contributed by atoms with van der Waals surface area (Å²) < 4.78 is 63.6. The first kappa shape index (κ1) is 39.7. The summed E-state index contributed by atoms with van der Waals surface area (Å²) in [4.78, 5) is 27.4. The molecule has 5 aromatic carbocycles. The molecule has 6 nitrogen and oxygen atoms in total. The Morgan fingerprint density at radius 1 is 0.604 bits per heavy atom. The predicted octanol–water partition coefficient (Wildman–Crippen LogP) is 7.52. The number of hydrogen-bond acceptors (Lipinski definition) is 4. The smallest absolute Gasteiger partial charge is 0.383 e. The molecule has 11 heteroatoms. The fourth-order valence-corrected chi connectivity index (χ4v) is 4.11. The molecule has 247 valence electrons. The minimum Gasteiger partial charge on any atom is -0.383 e. The van der Waals surface area contributed by atoms with Crippen LogP contribution in [0.3, 0.4) is 0 Å². The number of ether oxygens (including phenoxy) is 2. The third kappa shape index (κ3) is 12.3. The maximum atomic E-state index is 13.9. The van der Waals surface area contributed by atoms with Gasteiger partial charge in [-0.25, -0.2) is 29.7 Å². The Bertz CT molecular complexity index is 1530. The van der Waals surface area contributed by atoms with Crippen LogP contribution in [-0.4, -0.2) is 52.3 Å². The molecule has 5 aromatic rings. The van der Waals surface area contributed by atoms with Crippen LogP contribution >= 0.6 is 0 Å². The second-order valence-electron chi connectivity index (χ2n) is 9.60. The Kier molecular flexibility index (Phi) is 17.7. The van der Waals surface area contributed by atoms with Crippen LogP contribution in [0.5, 0.6) is 0 Å². The van der Waals surface area contributed by atoms with E-state index in [2.05, 4.69) is 0 Å². The monoisotopic (exact) mass is 693 g/mol. The molecule has 0 aromatic heterocycles. The standard InChI is InChI=1S/2C16H14F2NO2.C5H5.Ti/c2*1-21-10-9-19(15-8-7-13(17)11-14(15)18)16(20)12-5-3-2-4-6-12;1-2-4-5-3-1;/h2*2-8H,9-10H2,1H3;1-5H;/q3*-1;+3. The number of carbonyl (C=O) groups excluding carboxylic acids is 2. The van der Waals surface area contributed by atoms with Crippen molar-refractivity contribution in [2.45, 2.75) is 0 Å². The second-order valence-corrected chi connectivity index (χ2v) is 9.60. The van der Waals surface area contributed by atoms with E-state index < -0.39 is 23.3 Å². The van der Waals surface area contributed by atoms with Gasteiger partial charge in [0.25, 0.3) is 0 Å². The van der Waals surface area contributed by atoms with Crippen molar-refractivity contribution < 1.29 is 58.3 Å². The molecule has 0 saturated carbocycles. The third-order valence-corrected chi connectivity index (χ3v) is 6.39. The summed E-state index contributed by atoms with van der Waals surface area (Å²) in [6.45, 7) is 0.770. The van der Waals surface area contributed by atoms with Crippen molar-refractivity contribution in [3.8, 4) is 0 Å². The minimum atomic E-state index is -0.907. The molecule has 0 atom stereocenters. The Labute approximate surface area is 292 Å². The van der Waals surface area contributed by atoms with Crippen LogP contribution in [0.2, 0.25) is 0 Å². The Morgan fingerprint density at radius 2 is 0.979 bits per heavy atom. The molecule has 0 bridgehead atoms. The van der Waals surface area contributed by atoms with E-state index in [9.17, 15) is 27.2 Å². The topological polar surface area (TPSA) is 59.1 Å². The summed E-state index contributed by atoms with van der Waals surface area (Å²) in [5, 5.41) is 0. The molecule has 48 heavy (non-hydrogen) atoms. The van der Waals surface area contributed by atoms with Gasteiger partial charge in [0.05, 0.1) is 13.2 Å². The van der Waals surface area contributed by atoms with Crippen LogP contribution in [0.15, 0.2) is 115 Å². The van der Waals surface area contributed by atoms with Crippen molar-refractivity contribution in [2.75, 3.05) is 50.3 Å². The van der Waals surface area contributed by atoms with Crippen molar-refractivity contribution in [2.24, 2.45) is 0 Å². The van der Waals surface area contributed by atoms with Crippen LogP contribution in [0, 0.1) is 35.4 Å². The van der Waals surface area contributed by atoms with Gasteiger partial charge in [-0.2, -0.15) is 18.2 Å². The Hall–Kier alpha value is -4.48. The number of halogens is 4. The van der Waals surface area contributed by atoms with E-state index in [-0.39, 0.29) is 71.2 Å². The van der Waals surface area contributed by atoms with E-state index in [0.29, 0.717) is 11.1 Å². The van der Waals surface area contributed by atoms with Crippen molar-refractivity contribution in [1.82, 2.24) is 0 Å².